The lowest BCUT2D eigenvalue weighted by Gasteiger charge is -2.12. The maximum Gasteiger partial charge on any atom is 0.348 e. The van der Waals surface area contributed by atoms with Crippen LogP contribution in [0.3, 0.4) is 0 Å². The van der Waals surface area contributed by atoms with E-state index in [-0.39, 0.29) is 24.6 Å². The van der Waals surface area contributed by atoms with Crippen LogP contribution in [0.1, 0.15) is 47.8 Å². The summed E-state index contributed by atoms with van der Waals surface area (Å²) in [6.07, 6.45) is 5.18. The largest absolute Gasteiger partial charge is 0.462 e. The first-order valence-corrected chi connectivity index (χ1v) is 9.98. The average Bonchev–Trinajstić information content (AvgIpc) is 3.25. The zero-order chi connectivity index (χ0) is 20.3. The lowest BCUT2D eigenvalue weighted by molar-refractivity contribution is -0.120. The van der Waals surface area contributed by atoms with Gasteiger partial charge in [0, 0.05) is 6.04 Å². The second kappa shape index (κ2) is 8.51. The molecule has 0 aliphatic heterocycles. The Labute approximate surface area is 165 Å². The molecule has 3 amide bonds. The predicted octanol–water partition coefficient (Wildman–Crippen LogP) is 1.71. The summed E-state index contributed by atoms with van der Waals surface area (Å²) in [5.41, 5.74) is 0.0327. The zero-order valence-electron chi connectivity index (χ0n) is 15.7. The van der Waals surface area contributed by atoms with Gasteiger partial charge in [0.05, 0.1) is 18.3 Å². The van der Waals surface area contributed by atoms with Crippen LogP contribution in [-0.4, -0.2) is 40.1 Å². The second-order valence-electron chi connectivity index (χ2n) is 6.64. The highest BCUT2D eigenvalue weighted by molar-refractivity contribution is 7.20. The smallest absolute Gasteiger partial charge is 0.348 e. The van der Waals surface area contributed by atoms with Gasteiger partial charge in [-0.3, -0.25) is 19.5 Å². The lowest BCUT2D eigenvalue weighted by Crippen LogP contribution is -2.45. The van der Waals surface area contributed by atoms with Crippen molar-refractivity contribution in [3.05, 3.63) is 27.1 Å². The predicted molar refractivity (Wildman–Crippen MR) is 104 cm³/mol. The van der Waals surface area contributed by atoms with Crippen molar-refractivity contribution in [1.29, 1.82) is 0 Å². The van der Waals surface area contributed by atoms with E-state index in [4.69, 9.17) is 4.74 Å². The summed E-state index contributed by atoms with van der Waals surface area (Å²) in [6.45, 7) is 3.23. The number of hydrogen-bond donors (Lipinski definition) is 2. The van der Waals surface area contributed by atoms with Gasteiger partial charge in [-0.25, -0.2) is 14.6 Å². The third kappa shape index (κ3) is 4.22. The van der Waals surface area contributed by atoms with Gasteiger partial charge in [0.1, 0.15) is 16.3 Å². The van der Waals surface area contributed by atoms with Crippen LogP contribution >= 0.6 is 11.3 Å². The fourth-order valence-electron chi connectivity index (χ4n) is 3.28. The summed E-state index contributed by atoms with van der Waals surface area (Å²) in [7, 11) is 0. The van der Waals surface area contributed by atoms with Gasteiger partial charge in [-0.15, -0.1) is 11.3 Å². The molecule has 0 radical (unpaired) electrons. The highest BCUT2D eigenvalue weighted by atomic mass is 32.1. The van der Waals surface area contributed by atoms with Gasteiger partial charge < -0.3 is 10.1 Å². The lowest BCUT2D eigenvalue weighted by atomic mass is 10.2. The van der Waals surface area contributed by atoms with Crippen molar-refractivity contribution in [1.82, 2.24) is 20.2 Å². The van der Waals surface area contributed by atoms with Gasteiger partial charge in [0.25, 0.3) is 5.56 Å². The zero-order valence-corrected chi connectivity index (χ0v) is 16.6. The van der Waals surface area contributed by atoms with Crippen molar-refractivity contribution in [3.63, 3.8) is 0 Å². The van der Waals surface area contributed by atoms with Crippen LogP contribution in [0.25, 0.3) is 10.2 Å². The molecule has 2 heterocycles. The molecule has 3 rings (SSSR count). The van der Waals surface area contributed by atoms with Crippen LogP contribution < -0.4 is 16.2 Å². The molecule has 0 atom stereocenters. The van der Waals surface area contributed by atoms with Crippen LogP contribution in [0.15, 0.2) is 11.1 Å². The molecule has 0 saturated heterocycles. The van der Waals surface area contributed by atoms with Crippen molar-refractivity contribution in [2.75, 3.05) is 6.61 Å². The average molecular weight is 406 g/mol. The molecule has 0 spiro atoms. The number of imide groups is 1. The number of ether oxygens (including phenoxy) is 1. The molecule has 2 N–H and O–H groups in total. The fourth-order valence-corrected chi connectivity index (χ4v) is 4.31. The van der Waals surface area contributed by atoms with E-state index in [9.17, 15) is 19.2 Å². The van der Waals surface area contributed by atoms with Crippen molar-refractivity contribution in [2.24, 2.45) is 0 Å². The first kappa shape index (κ1) is 20.0. The Balaban J connectivity index is 1.74. The summed E-state index contributed by atoms with van der Waals surface area (Å²) in [4.78, 5) is 53.7. The van der Waals surface area contributed by atoms with Gasteiger partial charge >= 0.3 is 12.0 Å². The van der Waals surface area contributed by atoms with Crippen LogP contribution in [0, 0.1) is 6.92 Å². The molecule has 9 nitrogen and oxygen atoms in total. The number of esters is 1. The molecule has 150 valence electrons. The number of thiophene rings is 1. The molecule has 0 unspecified atom stereocenters. The molecule has 10 heteroatoms. The van der Waals surface area contributed by atoms with Gasteiger partial charge in [-0.1, -0.05) is 12.8 Å². The van der Waals surface area contributed by atoms with E-state index in [2.05, 4.69) is 15.6 Å². The molecule has 1 fully saturated rings. The molecular formula is C18H22N4O5S. The maximum atomic E-state index is 12.7. The second-order valence-corrected chi connectivity index (χ2v) is 7.64. The van der Waals surface area contributed by atoms with Crippen molar-refractivity contribution >= 4 is 39.5 Å². The van der Waals surface area contributed by atoms with Crippen LogP contribution in [0.4, 0.5) is 4.79 Å². The van der Waals surface area contributed by atoms with Gasteiger partial charge in [0.2, 0.25) is 5.91 Å². The Kier molecular flexibility index (Phi) is 6.08. The minimum Gasteiger partial charge on any atom is -0.462 e. The highest BCUT2D eigenvalue weighted by Gasteiger charge is 2.22. The molecule has 1 aliphatic rings. The standard InChI is InChI=1S/C18H22N4O5S/c1-3-27-17(25)14-10(2)13-15(28-14)19-9-22(16(13)24)8-12(23)21-18(26)20-11-6-4-5-7-11/h9,11H,3-8H2,1-2H3,(H2,20,21,23,26). The normalized spacial score (nSPS) is 14.2. The number of fused-ring (bicyclic) bond motifs is 1. The number of carbonyl (C=O) groups excluding carboxylic acids is 3. The number of rotatable bonds is 5. The molecular weight excluding hydrogens is 384 g/mol. The van der Waals surface area contributed by atoms with E-state index in [1.165, 1.54) is 6.33 Å². The Morgan fingerprint density at radius 2 is 2.04 bits per heavy atom. The summed E-state index contributed by atoms with van der Waals surface area (Å²) < 4.78 is 6.12. The number of nitrogens with one attached hydrogen (secondary N) is 2. The highest BCUT2D eigenvalue weighted by Crippen LogP contribution is 2.27. The van der Waals surface area contributed by atoms with Gasteiger partial charge in [-0.05, 0) is 32.3 Å². The van der Waals surface area contributed by atoms with E-state index in [0.29, 0.717) is 15.3 Å². The van der Waals surface area contributed by atoms with Crippen molar-refractivity contribution in [2.45, 2.75) is 52.1 Å². The molecule has 0 bridgehead atoms. The number of hydrogen-bond acceptors (Lipinski definition) is 7. The summed E-state index contributed by atoms with van der Waals surface area (Å²) in [5.74, 6) is -1.12. The van der Waals surface area contributed by atoms with Crippen LogP contribution in [0.2, 0.25) is 0 Å². The first-order valence-electron chi connectivity index (χ1n) is 9.16. The molecule has 2 aromatic heterocycles. The summed E-state index contributed by atoms with van der Waals surface area (Å²) >= 11 is 1.08. The Hall–Kier alpha value is -2.75. The van der Waals surface area contributed by atoms with Gasteiger partial charge in [0.15, 0.2) is 0 Å². The number of nitrogens with zero attached hydrogens (tertiary/aromatic N) is 2. The quantitative estimate of drug-likeness (QED) is 0.730. The molecule has 0 aromatic carbocycles. The number of urea groups is 1. The Bertz CT molecular complexity index is 974. The number of amides is 3. The molecule has 2 aromatic rings. The SMILES string of the molecule is CCOC(=O)c1sc2ncn(CC(=O)NC(=O)NC3CCCC3)c(=O)c2c1C. The van der Waals surface area contributed by atoms with E-state index >= 15 is 0 Å². The van der Waals surface area contributed by atoms with Crippen LogP contribution in [-0.2, 0) is 16.1 Å². The minimum atomic E-state index is -0.614. The van der Waals surface area contributed by atoms with Crippen LogP contribution in [0.5, 0.6) is 0 Å². The monoisotopic (exact) mass is 406 g/mol. The third-order valence-electron chi connectivity index (χ3n) is 4.64. The number of aryl methyl sites for hydroxylation is 1. The van der Waals surface area contributed by atoms with E-state index in [1.54, 1.807) is 13.8 Å². The third-order valence-corrected chi connectivity index (χ3v) is 5.82. The number of carbonyl (C=O) groups is 3. The minimum absolute atomic E-state index is 0.0864. The number of aromatic nitrogens is 2. The summed E-state index contributed by atoms with van der Waals surface area (Å²) in [5, 5.41) is 5.27. The topological polar surface area (TPSA) is 119 Å². The van der Waals surface area contributed by atoms with E-state index in [1.807, 2.05) is 0 Å². The Morgan fingerprint density at radius 1 is 1.32 bits per heavy atom. The summed E-state index contributed by atoms with van der Waals surface area (Å²) in [6, 6.07) is -0.474. The Morgan fingerprint density at radius 3 is 2.71 bits per heavy atom. The fraction of sp³-hybridized carbons (Fsp3) is 0.500. The molecule has 1 aliphatic carbocycles. The first-order chi connectivity index (χ1) is 13.4. The maximum absolute atomic E-state index is 12.7. The van der Waals surface area contributed by atoms with E-state index < -0.39 is 23.5 Å². The van der Waals surface area contributed by atoms with Gasteiger partial charge in [-0.2, -0.15) is 0 Å². The van der Waals surface area contributed by atoms with E-state index in [0.717, 1.165) is 41.6 Å². The molecule has 28 heavy (non-hydrogen) atoms. The van der Waals surface area contributed by atoms with Crippen molar-refractivity contribution < 1.29 is 19.1 Å². The van der Waals surface area contributed by atoms with Crippen molar-refractivity contribution in [3.8, 4) is 0 Å². The molecule has 1 saturated carbocycles.